The number of benzene rings is 2. The Morgan fingerprint density at radius 1 is 0.750 bits per heavy atom. The number of aromatic hydroxyl groups is 1. The lowest BCUT2D eigenvalue weighted by Gasteiger charge is -1.82. The highest BCUT2D eigenvalue weighted by molar-refractivity contribution is 5.18. The molecule has 16 heavy (non-hydrogen) atoms. The molecule has 0 radical (unpaired) electrons. The number of phenolic OH excluding ortho intramolecular Hbond substituents is 1. The first-order chi connectivity index (χ1) is 7.79. The minimum Gasteiger partial charge on any atom is -0.508 e. The van der Waals surface area contributed by atoms with Crippen molar-refractivity contribution in [3.63, 3.8) is 0 Å². The van der Waals surface area contributed by atoms with Gasteiger partial charge in [-0.3, -0.25) is 0 Å². The monoisotopic (exact) mass is 218 g/mol. The van der Waals surface area contributed by atoms with E-state index >= 15 is 0 Å². The maximum atomic E-state index is 8.63. The lowest BCUT2D eigenvalue weighted by atomic mass is 10.2. The first kappa shape index (κ1) is 13.8. The number of aryl methyl sites for hydroxylation is 1. The van der Waals surface area contributed by atoms with Crippen LogP contribution in [0.25, 0.3) is 0 Å². The second kappa shape index (κ2) is 9.40. The zero-order valence-corrected chi connectivity index (χ0v) is 9.04. The van der Waals surface area contributed by atoms with Gasteiger partial charge in [0.25, 0.3) is 0 Å². The second-order valence-corrected chi connectivity index (χ2v) is 2.99. The molecule has 2 aromatic carbocycles. The van der Waals surface area contributed by atoms with Crippen LogP contribution in [0.5, 0.6) is 5.75 Å². The van der Waals surface area contributed by atoms with Crippen molar-refractivity contribution >= 4 is 0 Å². The van der Waals surface area contributed by atoms with E-state index in [0.29, 0.717) is 5.75 Å². The molecular weight excluding hydrogens is 204 g/mol. The van der Waals surface area contributed by atoms with E-state index in [1.165, 1.54) is 5.56 Å². The zero-order valence-electron chi connectivity index (χ0n) is 9.04. The van der Waals surface area contributed by atoms with Gasteiger partial charge in [0.2, 0.25) is 0 Å². The lowest BCUT2D eigenvalue weighted by molar-refractivity contribution is 0.475. The van der Waals surface area contributed by atoms with Crippen LogP contribution in [-0.2, 0) is 0 Å². The highest BCUT2D eigenvalue weighted by atomic mass is 16.7. The standard InChI is InChI=1S/C7H8.C6H6O.O2/c1-7-5-3-2-4-6-7;7-6-4-2-1-3-5-6;1-2/h2-6H,1H3;1-5,7H;. The molecule has 2 aromatic rings. The van der Waals surface area contributed by atoms with Crippen LogP contribution in [0.2, 0.25) is 0 Å². The van der Waals surface area contributed by atoms with E-state index in [4.69, 9.17) is 15.0 Å². The van der Waals surface area contributed by atoms with Crippen molar-refractivity contribution in [3.8, 4) is 5.75 Å². The fourth-order valence-corrected chi connectivity index (χ4v) is 0.962. The minimum atomic E-state index is 0.322. The van der Waals surface area contributed by atoms with Gasteiger partial charge in [-0.2, -0.15) is 0 Å². The van der Waals surface area contributed by atoms with Crippen molar-refractivity contribution < 1.29 is 5.11 Å². The lowest BCUT2D eigenvalue weighted by Crippen LogP contribution is -1.62. The van der Waals surface area contributed by atoms with Crippen LogP contribution in [0.1, 0.15) is 5.56 Å². The summed E-state index contributed by atoms with van der Waals surface area (Å²) in [5, 5.41) is 8.63. The van der Waals surface area contributed by atoms with Crippen LogP contribution in [0.3, 0.4) is 0 Å². The van der Waals surface area contributed by atoms with Crippen LogP contribution < -0.4 is 0 Å². The largest absolute Gasteiger partial charge is 0.508 e. The Bertz CT molecular complexity index is 322. The normalized spacial score (nSPS) is 7.81. The molecule has 0 aliphatic heterocycles. The third-order valence-corrected chi connectivity index (χ3v) is 1.70. The molecule has 0 saturated heterocycles. The van der Waals surface area contributed by atoms with E-state index in [1.807, 2.05) is 24.3 Å². The molecule has 0 fully saturated rings. The molecule has 0 amide bonds. The van der Waals surface area contributed by atoms with E-state index in [2.05, 4.69) is 19.1 Å². The summed E-state index contributed by atoms with van der Waals surface area (Å²) in [6.45, 7) is 2.08. The molecule has 0 aliphatic carbocycles. The van der Waals surface area contributed by atoms with Gasteiger partial charge in [-0.25, -0.2) is 0 Å². The van der Waals surface area contributed by atoms with Crippen molar-refractivity contribution in [1.29, 1.82) is 0 Å². The van der Waals surface area contributed by atoms with E-state index < -0.39 is 0 Å². The highest BCUT2D eigenvalue weighted by Gasteiger charge is 1.74. The SMILES string of the molecule is Cc1ccccc1.O=O.Oc1ccccc1. The summed E-state index contributed by atoms with van der Waals surface area (Å²) < 4.78 is 0. The highest BCUT2D eigenvalue weighted by Crippen LogP contribution is 2.02. The maximum absolute atomic E-state index is 8.63. The van der Waals surface area contributed by atoms with E-state index in [-0.39, 0.29) is 0 Å². The molecule has 0 atom stereocenters. The first-order valence-electron chi connectivity index (χ1n) is 4.71. The van der Waals surface area contributed by atoms with Gasteiger partial charge < -0.3 is 5.11 Å². The summed E-state index contributed by atoms with van der Waals surface area (Å²) in [6.07, 6.45) is 0. The molecule has 0 spiro atoms. The van der Waals surface area contributed by atoms with Crippen molar-refractivity contribution in [2.24, 2.45) is 0 Å². The summed E-state index contributed by atoms with van der Waals surface area (Å²) in [5.74, 6) is 0.322. The Morgan fingerprint density at radius 2 is 1.12 bits per heavy atom. The Kier molecular flexibility index (Phi) is 8.13. The van der Waals surface area contributed by atoms with Gasteiger partial charge in [-0.05, 0) is 19.1 Å². The molecule has 0 saturated carbocycles. The summed E-state index contributed by atoms with van der Waals surface area (Å²) in [4.78, 5) is 14.0. The van der Waals surface area contributed by atoms with Gasteiger partial charge in [0.1, 0.15) is 5.75 Å². The maximum Gasteiger partial charge on any atom is 0.115 e. The summed E-state index contributed by atoms with van der Waals surface area (Å²) >= 11 is 0. The fraction of sp³-hybridized carbons (Fsp3) is 0.0769. The van der Waals surface area contributed by atoms with Gasteiger partial charge >= 0.3 is 0 Å². The van der Waals surface area contributed by atoms with Crippen LogP contribution in [0.4, 0.5) is 0 Å². The van der Waals surface area contributed by atoms with Gasteiger partial charge in [0.15, 0.2) is 0 Å². The number of phenols is 1. The van der Waals surface area contributed by atoms with Crippen molar-refractivity contribution in [2.75, 3.05) is 0 Å². The molecule has 0 bridgehead atoms. The molecule has 0 heterocycles. The molecule has 2 rings (SSSR count). The van der Waals surface area contributed by atoms with Gasteiger partial charge in [0.05, 0.1) is 0 Å². The first-order valence-corrected chi connectivity index (χ1v) is 4.71. The Hall–Kier alpha value is -2.16. The van der Waals surface area contributed by atoms with Crippen LogP contribution in [-0.4, -0.2) is 5.11 Å². The van der Waals surface area contributed by atoms with Crippen molar-refractivity contribution in [2.45, 2.75) is 6.92 Å². The zero-order chi connectivity index (χ0) is 12.2. The third-order valence-electron chi connectivity index (χ3n) is 1.70. The smallest absolute Gasteiger partial charge is 0.115 e. The van der Waals surface area contributed by atoms with Crippen LogP contribution in [0.15, 0.2) is 60.7 Å². The Balaban J connectivity index is 0.000000244. The summed E-state index contributed by atoms with van der Waals surface area (Å²) in [5.41, 5.74) is 1.32. The molecule has 1 N–H and O–H groups in total. The predicted octanol–water partition coefficient (Wildman–Crippen LogP) is 3.45. The molecule has 0 aliphatic rings. The Labute approximate surface area is 94.6 Å². The van der Waals surface area contributed by atoms with Crippen molar-refractivity contribution in [3.05, 3.63) is 76.2 Å². The van der Waals surface area contributed by atoms with Crippen LogP contribution in [0, 0.1) is 16.9 Å². The van der Waals surface area contributed by atoms with Gasteiger partial charge in [0, 0.05) is 9.93 Å². The van der Waals surface area contributed by atoms with Crippen molar-refractivity contribution in [1.82, 2.24) is 0 Å². The Morgan fingerprint density at radius 3 is 1.31 bits per heavy atom. The summed E-state index contributed by atoms with van der Waals surface area (Å²) in [7, 11) is 0. The quantitative estimate of drug-likeness (QED) is 0.736. The number of para-hydroxylation sites is 1. The molecule has 0 unspecified atom stereocenters. The second-order valence-electron chi connectivity index (χ2n) is 2.99. The van der Waals surface area contributed by atoms with Crippen LogP contribution >= 0.6 is 0 Å². The molecule has 84 valence electrons. The number of hydrogen-bond donors (Lipinski definition) is 1. The molecule has 3 nitrogen and oxygen atoms in total. The minimum absolute atomic E-state index is 0.322. The van der Waals surface area contributed by atoms with E-state index in [9.17, 15) is 0 Å². The topological polar surface area (TPSA) is 54.4 Å². The molecule has 3 heteroatoms. The number of hydrogen-bond acceptors (Lipinski definition) is 3. The average Bonchev–Trinajstić information content (AvgIpc) is 2.34. The van der Waals surface area contributed by atoms with E-state index in [0.717, 1.165) is 0 Å². The van der Waals surface area contributed by atoms with Gasteiger partial charge in [-0.15, -0.1) is 0 Å². The van der Waals surface area contributed by atoms with E-state index in [1.54, 1.807) is 24.3 Å². The molecular formula is C13H14O3. The predicted molar refractivity (Wildman–Crippen MR) is 66.0 cm³/mol. The fourth-order valence-electron chi connectivity index (χ4n) is 0.962. The average molecular weight is 218 g/mol. The third kappa shape index (κ3) is 7.26. The number of rotatable bonds is 0. The van der Waals surface area contributed by atoms with Gasteiger partial charge in [-0.1, -0.05) is 54.1 Å². The molecule has 0 aromatic heterocycles. The summed E-state index contributed by atoms with van der Waals surface area (Å²) in [6, 6.07) is 19.0.